The Labute approximate surface area is 121 Å². The van der Waals surface area contributed by atoms with Gasteiger partial charge >= 0.3 is 0 Å². The van der Waals surface area contributed by atoms with Crippen molar-refractivity contribution in [2.75, 3.05) is 19.8 Å². The third kappa shape index (κ3) is 2.18. The van der Waals surface area contributed by atoms with Gasteiger partial charge in [-0.25, -0.2) is 0 Å². The fourth-order valence-corrected chi connectivity index (χ4v) is 3.83. The number of rotatable bonds is 3. The van der Waals surface area contributed by atoms with Gasteiger partial charge in [0.05, 0.1) is 0 Å². The van der Waals surface area contributed by atoms with Gasteiger partial charge in [-0.15, -0.1) is 0 Å². The van der Waals surface area contributed by atoms with E-state index in [-0.39, 0.29) is 5.41 Å². The van der Waals surface area contributed by atoms with Crippen molar-refractivity contribution in [3.05, 3.63) is 23.3 Å². The van der Waals surface area contributed by atoms with Crippen molar-refractivity contribution in [3.8, 4) is 11.5 Å². The molecule has 1 aromatic carbocycles. The van der Waals surface area contributed by atoms with Crippen molar-refractivity contribution >= 4 is 0 Å². The molecule has 0 aromatic heterocycles. The van der Waals surface area contributed by atoms with Crippen LogP contribution >= 0.6 is 0 Å². The maximum absolute atomic E-state index is 6.20. The summed E-state index contributed by atoms with van der Waals surface area (Å²) in [5.41, 5.74) is 9.07. The monoisotopic (exact) mass is 275 g/mol. The maximum atomic E-state index is 6.20. The maximum Gasteiger partial charge on any atom is 0.164 e. The Bertz CT molecular complexity index is 478. The summed E-state index contributed by atoms with van der Waals surface area (Å²) >= 11 is 0. The summed E-state index contributed by atoms with van der Waals surface area (Å²) in [5, 5.41) is 0. The van der Waals surface area contributed by atoms with E-state index >= 15 is 0 Å². The minimum absolute atomic E-state index is 0.152. The molecular weight excluding hydrogens is 250 g/mol. The van der Waals surface area contributed by atoms with Gasteiger partial charge in [0.1, 0.15) is 13.2 Å². The van der Waals surface area contributed by atoms with Crippen LogP contribution < -0.4 is 15.2 Å². The van der Waals surface area contributed by atoms with Gasteiger partial charge in [-0.3, -0.25) is 0 Å². The number of ether oxygens (including phenoxy) is 2. The highest BCUT2D eigenvalue weighted by Gasteiger charge is 2.35. The number of hydrogen-bond donors (Lipinski definition) is 1. The normalized spacial score (nSPS) is 20.7. The van der Waals surface area contributed by atoms with Crippen molar-refractivity contribution in [2.45, 2.75) is 50.9 Å². The second kappa shape index (κ2) is 5.65. The molecule has 1 heterocycles. The Morgan fingerprint density at radius 2 is 1.85 bits per heavy atom. The second-order valence-electron chi connectivity index (χ2n) is 6.01. The van der Waals surface area contributed by atoms with Crippen LogP contribution in [0.25, 0.3) is 0 Å². The van der Waals surface area contributed by atoms with Gasteiger partial charge in [-0.1, -0.05) is 32.3 Å². The summed E-state index contributed by atoms with van der Waals surface area (Å²) in [7, 11) is 0. The van der Waals surface area contributed by atoms with Crippen LogP contribution in [0.5, 0.6) is 11.5 Å². The summed E-state index contributed by atoms with van der Waals surface area (Å²) < 4.78 is 11.6. The topological polar surface area (TPSA) is 44.5 Å². The summed E-state index contributed by atoms with van der Waals surface area (Å²) in [6.07, 6.45) is 7.30. The molecule has 1 aliphatic heterocycles. The van der Waals surface area contributed by atoms with E-state index in [4.69, 9.17) is 15.2 Å². The van der Waals surface area contributed by atoms with Crippen LogP contribution in [-0.4, -0.2) is 19.8 Å². The largest absolute Gasteiger partial charge is 0.486 e. The quantitative estimate of drug-likeness (QED) is 0.921. The molecular formula is C17H25NO2. The van der Waals surface area contributed by atoms with Gasteiger partial charge in [0.15, 0.2) is 11.5 Å². The predicted molar refractivity (Wildman–Crippen MR) is 80.6 cm³/mol. The van der Waals surface area contributed by atoms with Crippen LogP contribution in [0.2, 0.25) is 0 Å². The average Bonchev–Trinajstić information content (AvgIpc) is 2.54. The number of fused-ring (bicyclic) bond motifs is 1. The Hall–Kier alpha value is -1.22. The van der Waals surface area contributed by atoms with Crippen molar-refractivity contribution in [2.24, 2.45) is 5.73 Å². The highest BCUT2D eigenvalue weighted by Crippen LogP contribution is 2.45. The lowest BCUT2D eigenvalue weighted by atomic mass is 9.68. The first kappa shape index (κ1) is 13.7. The summed E-state index contributed by atoms with van der Waals surface area (Å²) in [6.45, 7) is 4.24. The lowest BCUT2D eigenvalue weighted by Crippen LogP contribution is -2.38. The first-order valence-electron chi connectivity index (χ1n) is 7.93. The summed E-state index contributed by atoms with van der Waals surface area (Å²) in [6, 6.07) is 4.32. The molecule has 0 bridgehead atoms. The number of nitrogens with two attached hydrogens (primary N) is 1. The van der Waals surface area contributed by atoms with Crippen molar-refractivity contribution in [1.29, 1.82) is 0 Å². The molecule has 0 spiro atoms. The first-order chi connectivity index (χ1) is 9.80. The minimum Gasteiger partial charge on any atom is -0.486 e. The van der Waals surface area contributed by atoms with E-state index in [0.29, 0.717) is 13.2 Å². The lowest BCUT2D eigenvalue weighted by Gasteiger charge is -2.39. The smallest absolute Gasteiger partial charge is 0.164 e. The van der Waals surface area contributed by atoms with E-state index < -0.39 is 0 Å². The van der Waals surface area contributed by atoms with Gasteiger partial charge in [0, 0.05) is 17.5 Å². The van der Waals surface area contributed by atoms with E-state index in [1.807, 2.05) is 0 Å². The minimum atomic E-state index is 0.152. The molecule has 3 rings (SSSR count). The zero-order chi connectivity index (χ0) is 14.0. The standard InChI is InChI=1S/C17H25NO2/c1-2-13-14(17(12-18)8-4-3-5-9-17)6-7-15-16(13)20-11-10-19-15/h6-7H,2-5,8-12,18H2,1H3. The first-order valence-corrected chi connectivity index (χ1v) is 7.93. The van der Waals surface area contributed by atoms with Crippen molar-refractivity contribution in [1.82, 2.24) is 0 Å². The zero-order valence-corrected chi connectivity index (χ0v) is 12.4. The SMILES string of the molecule is CCc1c(C2(CN)CCCCC2)ccc2c1OCCO2. The van der Waals surface area contributed by atoms with E-state index in [1.165, 1.54) is 43.2 Å². The highest BCUT2D eigenvalue weighted by atomic mass is 16.6. The number of hydrogen-bond acceptors (Lipinski definition) is 3. The van der Waals surface area contributed by atoms with Gasteiger partial charge < -0.3 is 15.2 Å². The average molecular weight is 275 g/mol. The van der Waals surface area contributed by atoms with Gasteiger partial charge in [0.2, 0.25) is 0 Å². The molecule has 0 atom stereocenters. The fourth-order valence-electron chi connectivity index (χ4n) is 3.83. The molecule has 0 unspecified atom stereocenters. The Morgan fingerprint density at radius 3 is 2.55 bits per heavy atom. The summed E-state index contributed by atoms with van der Waals surface area (Å²) in [5.74, 6) is 1.87. The molecule has 2 N–H and O–H groups in total. The van der Waals surface area contributed by atoms with Crippen LogP contribution in [0, 0.1) is 0 Å². The predicted octanol–water partition coefficient (Wildman–Crippen LogP) is 3.18. The van der Waals surface area contributed by atoms with Gasteiger partial charge in [-0.05, 0) is 30.9 Å². The molecule has 3 heteroatoms. The van der Waals surface area contributed by atoms with E-state index in [1.54, 1.807) is 0 Å². The third-order valence-corrected chi connectivity index (χ3v) is 4.94. The molecule has 1 saturated carbocycles. The second-order valence-corrected chi connectivity index (χ2v) is 6.01. The van der Waals surface area contributed by atoms with E-state index in [2.05, 4.69) is 19.1 Å². The summed E-state index contributed by atoms with van der Waals surface area (Å²) in [4.78, 5) is 0. The molecule has 20 heavy (non-hydrogen) atoms. The third-order valence-electron chi connectivity index (χ3n) is 4.94. The van der Waals surface area contributed by atoms with Gasteiger partial charge in [0.25, 0.3) is 0 Å². The zero-order valence-electron chi connectivity index (χ0n) is 12.4. The van der Waals surface area contributed by atoms with Crippen LogP contribution in [0.1, 0.15) is 50.2 Å². The van der Waals surface area contributed by atoms with E-state index in [0.717, 1.165) is 24.5 Å². The molecule has 1 aromatic rings. The fraction of sp³-hybridized carbons (Fsp3) is 0.647. The van der Waals surface area contributed by atoms with Crippen LogP contribution in [0.3, 0.4) is 0 Å². The van der Waals surface area contributed by atoms with Crippen LogP contribution in [-0.2, 0) is 11.8 Å². The lowest BCUT2D eigenvalue weighted by molar-refractivity contribution is 0.169. The molecule has 110 valence electrons. The molecule has 1 aliphatic carbocycles. The Morgan fingerprint density at radius 1 is 1.10 bits per heavy atom. The molecule has 0 saturated heterocycles. The number of benzene rings is 1. The van der Waals surface area contributed by atoms with Crippen LogP contribution in [0.4, 0.5) is 0 Å². The van der Waals surface area contributed by atoms with Crippen molar-refractivity contribution in [3.63, 3.8) is 0 Å². The van der Waals surface area contributed by atoms with Crippen LogP contribution in [0.15, 0.2) is 12.1 Å². The molecule has 3 nitrogen and oxygen atoms in total. The van der Waals surface area contributed by atoms with Crippen molar-refractivity contribution < 1.29 is 9.47 Å². The Balaban J connectivity index is 2.08. The van der Waals surface area contributed by atoms with Gasteiger partial charge in [-0.2, -0.15) is 0 Å². The molecule has 2 aliphatic rings. The highest BCUT2D eigenvalue weighted by molar-refractivity contribution is 5.54. The molecule has 1 fully saturated rings. The Kier molecular flexibility index (Phi) is 3.88. The molecule has 0 radical (unpaired) electrons. The molecule has 0 amide bonds. The van der Waals surface area contributed by atoms with E-state index in [9.17, 15) is 0 Å².